The van der Waals surface area contributed by atoms with E-state index in [9.17, 15) is 4.79 Å². The first-order valence-electron chi connectivity index (χ1n) is 11.2. The molecule has 2 aromatic carbocycles. The van der Waals surface area contributed by atoms with Crippen molar-refractivity contribution in [2.45, 2.75) is 38.3 Å². The van der Waals surface area contributed by atoms with Crippen LogP contribution in [0.1, 0.15) is 32.3 Å². The second-order valence-electron chi connectivity index (χ2n) is 9.00. The molecule has 0 bridgehead atoms. The van der Waals surface area contributed by atoms with Crippen molar-refractivity contribution >= 4 is 29.1 Å². The largest absolute Gasteiger partial charge is 0.462 e. The number of para-hydroxylation sites is 1. The molecular formula is C25H28ClN3O3. The summed E-state index contributed by atoms with van der Waals surface area (Å²) in [6, 6.07) is 13.5. The van der Waals surface area contributed by atoms with E-state index in [4.69, 9.17) is 26.1 Å². The van der Waals surface area contributed by atoms with Crippen molar-refractivity contribution in [3.63, 3.8) is 0 Å². The van der Waals surface area contributed by atoms with Crippen molar-refractivity contribution in [1.29, 1.82) is 0 Å². The topological polar surface area (TPSA) is 54.4 Å². The number of benzene rings is 2. The van der Waals surface area contributed by atoms with Gasteiger partial charge in [0.2, 0.25) is 0 Å². The standard InChI is InChI=1S/C25H28ClN3O3/c1-4-16(2)31-24(30)19-14-25(19)15-29(12-11-28(25)3)23-18-7-5-6-8-21(18)32-22-10-9-17(26)13-20(22)27-23/h5-10,13,16,19H,4,11-12,14-15H2,1-3H3/t16-,19?,25?/m0/s1. The van der Waals surface area contributed by atoms with Crippen molar-refractivity contribution in [1.82, 2.24) is 9.80 Å². The molecule has 3 atom stereocenters. The minimum absolute atomic E-state index is 0.0540. The number of carbonyl (C=O) groups excluding carboxylic acids is 1. The van der Waals surface area contributed by atoms with E-state index in [-0.39, 0.29) is 23.5 Å². The minimum Gasteiger partial charge on any atom is -0.462 e. The SMILES string of the molecule is CC[C@H](C)OC(=O)C1CC12CN(C1=Nc3cc(Cl)ccc3Oc3ccccc31)CCN2C. The van der Waals surface area contributed by atoms with E-state index in [2.05, 4.69) is 16.8 Å². The van der Waals surface area contributed by atoms with Crippen LogP contribution in [0.15, 0.2) is 47.5 Å². The van der Waals surface area contributed by atoms with Gasteiger partial charge >= 0.3 is 5.97 Å². The van der Waals surface area contributed by atoms with Gasteiger partial charge in [0.15, 0.2) is 5.75 Å². The van der Waals surface area contributed by atoms with Gasteiger partial charge in [0, 0.05) is 24.7 Å². The lowest BCUT2D eigenvalue weighted by Gasteiger charge is -2.42. The van der Waals surface area contributed by atoms with Gasteiger partial charge in [0.25, 0.3) is 0 Å². The fourth-order valence-corrected chi connectivity index (χ4v) is 4.87. The predicted molar refractivity (Wildman–Crippen MR) is 125 cm³/mol. The molecule has 5 rings (SSSR count). The number of hydrogen-bond acceptors (Lipinski definition) is 6. The van der Waals surface area contributed by atoms with Crippen LogP contribution in [0.3, 0.4) is 0 Å². The molecule has 0 aromatic heterocycles. The third-order valence-corrected chi connectivity index (χ3v) is 7.18. The summed E-state index contributed by atoms with van der Waals surface area (Å²) in [6.07, 6.45) is 1.58. The third-order valence-electron chi connectivity index (χ3n) is 6.95. The Hall–Kier alpha value is -2.57. The Morgan fingerprint density at radius 1 is 1.28 bits per heavy atom. The maximum Gasteiger partial charge on any atom is 0.311 e. The van der Waals surface area contributed by atoms with Crippen molar-refractivity contribution in [3.05, 3.63) is 53.1 Å². The predicted octanol–water partition coefficient (Wildman–Crippen LogP) is 4.87. The number of carbonyl (C=O) groups is 1. The van der Waals surface area contributed by atoms with Crippen LogP contribution in [0, 0.1) is 5.92 Å². The fourth-order valence-electron chi connectivity index (χ4n) is 4.70. The first kappa shape index (κ1) is 21.3. The van der Waals surface area contributed by atoms with Gasteiger partial charge in [-0.25, -0.2) is 4.99 Å². The number of rotatable bonds is 3. The Morgan fingerprint density at radius 3 is 2.91 bits per heavy atom. The molecule has 1 aliphatic carbocycles. The molecule has 168 valence electrons. The van der Waals surface area contributed by atoms with Crippen LogP contribution in [-0.4, -0.2) is 59.9 Å². The first-order chi connectivity index (χ1) is 15.4. The van der Waals surface area contributed by atoms with Crippen LogP contribution in [-0.2, 0) is 9.53 Å². The van der Waals surface area contributed by atoms with Gasteiger partial charge in [0.1, 0.15) is 17.3 Å². The zero-order valence-electron chi connectivity index (χ0n) is 18.7. The number of esters is 1. The summed E-state index contributed by atoms with van der Waals surface area (Å²) >= 11 is 6.26. The van der Waals surface area contributed by atoms with E-state index in [1.54, 1.807) is 0 Å². The lowest BCUT2D eigenvalue weighted by molar-refractivity contribution is -0.151. The Bertz CT molecular complexity index is 1090. The summed E-state index contributed by atoms with van der Waals surface area (Å²) in [5, 5.41) is 0.617. The van der Waals surface area contributed by atoms with Gasteiger partial charge in [-0.1, -0.05) is 30.7 Å². The van der Waals surface area contributed by atoms with Crippen molar-refractivity contribution < 1.29 is 14.3 Å². The molecule has 2 heterocycles. The molecule has 2 aliphatic heterocycles. The molecule has 2 unspecified atom stereocenters. The molecule has 2 aromatic rings. The van der Waals surface area contributed by atoms with Gasteiger partial charge in [-0.2, -0.15) is 0 Å². The second-order valence-corrected chi connectivity index (χ2v) is 9.44. The highest BCUT2D eigenvalue weighted by molar-refractivity contribution is 6.31. The van der Waals surface area contributed by atoms with E-state index >= 15 is 0 Å². The number of piperazine rings is 1. The zero-order valence-corrected chi connectivity index (χ0v) is 19.4. The van der Waals surface area contributed by atoms with Crippen LogP contribution >= 0.6 is 11.6 Å². The molecule has 0 N–H and O–H groups in total. The number of likely N-dealkylation sites (N-methyl/N-ethyl adjacent to an activating group) is 1. The average molecular weight is 454 g/mol. The smallest absolute Gasteiger partial charge is 0.311 e. The Balaban J connectivity index is 1.48. The molecule has 0 radical (unpaired) electrons. The number of halogens is 1. The van der Waals surface area contributed by atoms with E-state index in [1.165, 1.54) is 0 Å². The summed E-state index contributed by atoms with van der Waals surface area (Å²) < 4.78 is 11.9. The molecule has 1 saturated carbocycles. The van der Waals surface area contributed by atoms with Crippen LogP contribution in [0.5, 0.6) is 11.5 Å². The van der Waals surface area contributed by atoms with Crippen molar-refractivity contribution in [3.8, 4) is 11.5 Å². The Morgan fingerprint density at radius 2 is 2.09 bits per heavy atom. The molecule has 1 spiro atoms. The molecule has 2 fully saturated rings. The van der Waals surface area contributed by atoms with Gasteiger partial charge < -0.3 is 14.4 Å². The van der Waals surface area contributed by atoms with Crippen LogP contribution in [0.2, 0.25) is 5.02 Å². The second kappa shape index (κ2) is 8.09. The molecule has 7 heteroatoms. The van der Waals surface area contributed by atoms with E-state index in [0.29, 0.717) is 23.0 Å². The van der Waals surface area contributed by atoms with Crippen LogP contribution < -0.4 is 4.74 Å². The Labute approximate surface area is 193 Å². The first-order valence-corrected chi connectivity index (χ1v) is 11.6. The molecule has 0 amide bonds. The maximum absolute atomic E-state index is 12.8. The normalized spacial score (nSPS) is 25.2. The number of aliphatic imine (C=N–C) groups is 1. The number of amidine groups is 1. The van der Waals surface area contributed by atoms with Gasteiger partial charge in [0.05, 0.1) is 23.1 Å². The molecular weight excluding hydrogens is 426 g/mol. The number of hydrogen-bond donors (Lipinski definition) is 0. The average Bonchev–Trinajstić information content (AvgIpc) is 3.53. The van der Waals surface area contributed by atoms with Gasteiger partial charge in [-0.3, -0.25) is 9.69 Å². The maximum atomic E-state index is 12.8. The highest BCUT2D eigenvalue weighted by Gasteiger charge is 2.63. The van der Waals surface area contributed by atoms with Crippen LogP contribution in [0.25, 0.3) is 0 Å². The van der Waals surface area contributed by atoms with E-state index < -0.39 is 0 Å². The molecule has 1 saturated heterocycles. The summed E-state index contributed by atoms with van der Waals surface area (Å²) in [5.74, 6) is 2.11. The summed E-state index contributed by atoms with van der Waals surface area (Å²) in [5.41, 5.74) is 1.43. The highest BCUT2D eigenvalue weighted by Crippen LogP contribution is 2.51. The molecule has 32 heavy (non-hydrogen) atoms. The van der Waals surface area contributed by atoms with Gasteiger partial charge in [-0.15, -0.1) is 0 Å². The fraction of sp³-hybridized carbons (Fsp3) is 0.440. The summed E-state index contributed by atoms with van der Waals surface area (Å²) in [4.78, 5) is 22.4. The number of fused-ring (bicyclic) bond motifs is 2. The monoisotopic (exact) mass is 453 g/mol. The quantitative estimate of drug-likeness (QED) is 0.620. The minimum atomic E-state index is -0.218. The number of ether oxygens (including phenoxy) is 2. The lowest BCUT2D eigenvalue weighted by Crippen LogP contribution is -2.56. The zero-order chi connectivity index (χ0) is 22.5. The highest BCUT2D eigenvalue weighted by atomic mass is 35.5. The van der Waals surface area contributed by atoms with Crippen molar-refractivity contribution in [2.24, 2.45) is 10.9 Å². The third kappa shape index (κ3) is 3.65. The lowest BCUT2D eigenvalue weighted by atomic mass is 10.1. The van der Waals surface area contributed by atoms with E-state index in [1.807, 2.05) is 56.3 Å². The van der Waals surface area contributed by atoms with Crippen molar-refractivity contribution in [2.75, 3.05) is 26.7 Å². The van der Waals surface area contributed by atoms with Gasteiger partial charge in [-0.05, 0) is 57.1 Å². The molecule has 3 aliphatic rings. The van der Waals surface area contributed by atoms with Crippen LogP contribution in [0.4, 0.5) is 5.69 Å². The summed E-state index contributed by atoms with van der Waals surface area (Å²) in [6.45, 7) is 6.35. The summed E-state index contributed by atoms with van der Waals surface area (Å²) in [7, 11) is 2.11. The number of nitrogens with zero attached hydrogens (tertiary/aromatic N) is 3. The molecule has 6 nitrogen and oxygen atoms in total. The van der Waals surface area contributed by atoms with E-state index in [0.717, 1.165) is 43.1 Å². The Kier molecular flexibility index (Phi) is 5.38.